The zero-order chi connectivity index (χ0) is 17.2. The van der Waals surface area contributed by atoms with E-state index in [1.165, 1.54) is 22.3 Å². The highest BCUT2D eigenvalue weighted by Gasteiger charge is 2.43. The van der Waals surface area contributed by atoms with Crippen LogP contribution in [0.2, 0.25) is 0 Å². The molecule has 0 N–H and O–H groups in total. The number of esters is 1. The van der Waals surface area contributed by atoms with E-state index in [-0.39, 0.29) is 12.6 Å². The predicted molar refractivity (Wildman–Crippen MR) is 95.0 cm³/mol. The fourth-order valence-electron chi connectivity index (χ4n) is 3.50. The molecular weight excluding hydrogens is 300 g/mol. The molecule has 0 aliphatic heterocycles. The lowest BCUT2D eigenvalue weighted by Crippen LogP contribution is -2.37. The number of allylic oxidation sites excluding steroid dienone is 1. The van der Waals surface area contributed by atoms with Crippen LogP contribution < -0.4 is 0 Å². The van der Waals surface area contributed by atoms with E-state index in [1.807, 2.05) is 30.3 Å². The molecular formula is C21H22O3. The summed E-state index contributed by atoms with van der Waals surface area (Å²) in [4.78, 5) is 12.4. The minimum atomic E-state index is -0.417. The van der Waals surface area contributed by atoms with Crippen molar-refractivity contribution >= 4 is 11.5 Å². The SMILES string of the molecule is COCC1(COC(=O)c2ccccc2)C(C)=C(C)c2ccccc21. The summed E-state index contributed by atoms with van der Waals surface area (Å²) in [5.74, 6) is -0.305. The Balaban J connectivity index is 1.92. The summed E-state index contributed by atoms with van der Waals surface area (Å²) in [6.45, 7) is 4.97. The van der Waals surface area contributed by atoms with Crippen LogP contribution in [0.4, 0.5) is 0 Å². The highest BCUT2D eigenvalue weighted by atomic mass is 16.5. The molecule has 0 heterocycles. The van der Waals surface area contributed by atoms with Gasteiger partial charge in [0.05, 0.1) is 17.6 Å². The second kappa shape index (κ2) is 6.62. The van der Waals surface area contributed by atoms with Gasteiger partial charge in [0.15, 0.2) is 0 Å². The average Bonchev–Trinajstić information content (AvgIpc) is 2.84. The second-order valence-electron chi connectivity index (χ2n) is 6.25. The molecule has 3 nitrogen and oxygen atoms in total. The standard InChI is InChI=1S/C21H22O3/c1-15-16(2)21(13-23-3,19-12-8-7-11-18(15)19)14-24-20(22)17-9-5-4-6-10-17/h4-12H,13-14H2,1-3H3. The fourth-order valence-corrected chi connectivity index (χ4v) is 3.50. The normalized spacial score (nSPS) is 19.3. The Hall–Kier alpha value is -2.39. The summed E-state index contributed by atoms with van der Waals surface area (Å²) >= 11 is 0. The molecule has 3 heteroatoms. The van der Waals surface area contributed by atoms with Crippen LogP contribution in [0.5, 0.6) is 0 Å². The first-order valence-corrected chi connectivity index (χ1v) is 8.09. The highest BCUT2D eigenvalue weighted by Crippen LogP contribution is 2.46. The topological polar surface area (TPSA) is 35.5 Å². The van der Waals surface area contributed by atoms with Gasteiger partial charge in [-0.25, -0.2) is 4.79 Å². The van der Waals surface area contributed by atoms with Crippen molar-refractivity contribution in [3.8, 4) is 0 Å². The number of carbonyl (C=O) groups is 1. The van der Waals surface area contributed by atoms with Crippen LogP contribution in [0.15, 0.2) is 60.2 Å². The molecule has 0 spiro atoms. The first kappa shape index (κ1) is 16.5. The van der Waals surface area contributed by atoms with Crippen molar-refractivity contribution in [3.63, 3.8) is 0 Å². The van der Waals surface area contributed by atoms with E-state index in [4.69, 9.17) is 9.47 Å². The summed E-state index contributed by atoms with van der Waals surface area (Å²) < 4.78 is 11.2. The van der Waals surface area contributed by atoms with Crippen LogP contribution in [0, 0.1) is 0 Å². The molecule has 0 bridgehead atoms. The van der Waals surface area contributed by atoms with E-state index in [2.05, 4.69) is 26.0 Å². The molecule has 1 atom stereocenters. The van der Waals surface area contributed by atoms with Crippen molar-refractivity contribution in [3.05, 3.63) is 76.9 Å². The third-order valence-electron chi connectivity index (χ3n) is 4.98. The summed E-state index contributed by atoms with van der Waals surface area (Å²) in [5, 5.41) is 0. The maximum absolute atomic E-state index is 12.4. The van der Waals surface area contributed by atoms with E-state index >= 15 is 0 Å². The van der Waals surface area contributed by atoms with Gasteiger partial charge < -0.3 is 9.47 Å². The second-order valence-corrected chi connectivity index (χ2v) is 6.25. The molecule has 124 valence electrons. The Labute approximate surface area is 142 Å². The lowest BCUT2D eigenvalue weighted by Gasteiger charge is -2.31. The van der Waals surface area contributed by atoms with Gasteiger partial charge in [-0.2, -0.15) is 0 Å². The lowest BCUT2D eigenvalue weighted by molar-refractivity contribution is 0.0331. The Bertz CT molecular complexity index is 777. The molecule has 3 rings (SSSR count). The van der Waals surface area contributed by atoms with Gasteiger partial charge in [-0.15, -0.1) is 0 Å². The number of rotatable bonds is 5. The van der Waals surface area contributed by atoms with Crippen molar-refractivity contribution in [2.24, 2.45) is 0 Å². The largest absolute Gasteiger partial charge is 0.461 e. The monoisotopic (exact) mass is 322 g/mol. The molecule has 1 unspecified atom stereocenters. The van der Waals surface area contributed by atoms with Gasteiger partial charge in [-0.1, -0.05) is 48.0 Å². The molecule has 0 saturated carbocycles. The summed E-state index contributed by atoms with van der Waals surface area (Å²) in [6, 6.07) is 17.4. The molecule has 24 heavy (non-hydrogen) atoms. The number of fused-ring (bicyclic) bond motifs is 1. The Morgan fingerprint density at radius 1 is 0.958 bits per heavy atom. The van der Waals surface area contributed by atoms with Crippen molar-refractivity contribution in [2.75, 3.05) is 20.3 Å². The smallest absolute Gasteiger partial charge is 0.338 e. The average molecular weight is 322 g/mol. The van der Waals surface area contributed by atoms with Crippen LogP contribution in [0.25, 0.3) is 5.57 Å². The van der Waals surface area contributed by atoms with E-state index in [1.54, 1.807) is 19.2 Å². The van der Waals surface area contributed by atoms with Gasteiger partial charge in [0.2, 0.25) is 0 Å². The predicted octanol–water partition coefficient (Wildman–Crippen LogP) is 4.23. The van der Waals surface area contributed by atoms with Crippen LogP contribution >= 0.6 is 0 Å². The molecule has 1 aliphatic rings. The summed E-state index contributed by atoms with van der Waals surface area (Å²) in [6.07, 6.45) is 0. The minimum absolute atomic E-state index is 0.273. The zero-order valence-electron chi connectivity index (χ0n) is 14.3. The van der Waals surface area contributed by atoms with Gasteiger partial charge in [-0.05, 0) is 42.7 Å². The number of ether oxygens (including phenoxy) is 2. The third-order valence-corrected chi connectivity index (χ3v) is 4.98. The summed E-state index contributed by atoms with van der Waals surface area (Å²) in [5.41, 5.74) is 4.96. The molecule has 0 fully saturated rings. The van der Waals surface area contributed by atoms with E-state index < -0.39 is 5.41 Å². The van der Waals surface area contributed by atoms with Gasteiger partial charge in [0.25, 0.3) is 0 Å². The molecule has 0 radical (unpaired) electrons. The first-order chi connectivity index (χ1) is 11.6. The Morgan fingerprint density at radius 2 is 1.62 bits per heavy atom. The van der Waals surface area contributed by atoms with Gasteiger partial charge in [0.1, 0.15) is 6.61 Å². The molecule has 0 aromatic heterocycles. The molecule has 2 aromatic carbocycles. The first-order valence-electron chi connectivity index (χ1n) is 8.09. The van der Waals surface area contributed by atoms with Crippen LogP contribution in [0.3, 0.4) is 0 Å². The van der Waals surface area contributed by atoms with Crippen molar-refractivity contribution < 1.29 is 14.3 Å². The maximum Gasteiger partial charge on any atom is 0.338 e. The number of hydrogen-bond donors (Lipinski definition) is 0. The molecule has 0 amide bonds. The molecule has 2 aromatic rings. The highest BCUT2D eigenvalue weighted by molar-refractivity contribution is 5.89. The van der Waals surface area contributed by atoms with Gasteiger partial charge in [0, 0.05) is 7.11 Å². The number of hydrogen-bond acceptors (Lipinski definition) is 3. The minimum Gasteiger partial charge on any atom is -0.461 e. The Kier molecular flexibility index (Phi) is 4.54. The van der Waals surface area contributed by atoms with Crippen molar-refractivity contribution in [1.29, 1.82) is 0 Å². The zero-order valence-corrected chi connectivity index (χ0v) is 14.3. The molecule has 0 saturated heterocycles. The van der Waals surface area contributed by atoms with E-state index in [0.717, 1.165) is 0 Å². The van der Waals surface area contributed by atoms with Crippen molar-refractivity contribution in [1.82, 2.24) is 0 Å². The van der Waals surface area contributed by atoms with Crippen LogP contribution in [0.1, 0.15) is 35.3 Å². The maximum atomic E-state index is 12.4. The van der Waals surface area contributed by atoms with Gasteiger partial charge >= 0.3 is 5.97 Å². The van der Waals surface area contributed by atoms with Crippen LogP contribution in [-0.2, 0) is 14.9 Å². The molecule has 1 aliphatic carbocycles. The van der Waals surface area contributed by atoms with E-state index in [9.17, 15) is 4.79 Å². The number of carbonyl (C=O) groups excluding carboxylic acids is 1. The van der Waals surface area contributed by atoms with E-state index in [0.29, 0.717) is 12.2 Å². The number of methoxy groups -OCH3 is 1. The quantitative estimate of drug-likeness (QED) is 0.773. The lowest BCUT2D eigenvalue weighted by atomic mass is 9.79. The van der Waals surface area contributed by atoms with Crippen LogP contribution in [-0.4, -0.2) is 26.3 Å². The van der Waals surface area contributed by atoms with Crippen molar-refractivity contribution in [2.45, 2.75) is 19.3 Å². The fraction of sp³-hybridized carbons (Fsp3) is 0.286. The number of benzene rings is 2. The van der Waals surface area contributed by atoms with Gasteiger partial charge in [-0.3, -0.25) is 0 Å². The Morgan fingerprint density at radius 3 is 2.33 bits per heavy atom. The summed E-state index contributed by atoms with van der Waals surface area (Å²) in [7, 11) is 1.68. The third kappa shape index (κ3) is 2.65.